The molecule has 0 aliphatic carbocycles. The molecule has 1 aliphatic rings. The van der Waals surface area contributed by atoms with Crippen LogP contribution in [0.3, 0.4) is 0 Å². The molecule has 3 N–H and O–H groups in total. The van der Waals surface area contributed by atoms with Gasteiger partial charge in [0.05, 0.1) is 22.1 Å². The zero-order valence-corrected chi connectivity index (χ0v) is 11.7. The van der Waals surface area contributed by atoms with Gasteiger partial charge in [0.2, 0.25) is 0 Å². The maximum atomic E-state index is 11.8. The Hall–Kier alpha value is -1.34. The molecule has 6 nitrogen and oxygen atoms in total. The zero-order valence-electron chi connectivity index (χ0n) is 10.1. The maximum Gasteiger partial charge on any atom is 0.252 e. The van der Waals surface area contributed by atoms with Crippen LogP contribution in [0.15, 0.2) is 12.3 Å². The first-order valence-corrected chi connectivity index (χ1v) is 7.97. The monoisotopic (exact) mass is 303 g/mol. The topological polar surface area (TPSA) is 102 Å². The highest BCUT2D eigenvalue weighted by molar-refractivity contribution is 7.91. The van der Waals surface area contributed by atoms with Gasteiger partial charge in [-0.05, 0) is 18.4 Å². The number of hydrogen-bond acceptors (Lipinski definition) is 5. The van der Waals surface area contributed by atoms with Crippen LogP contribution in [0.1, 0.15) is 16.8 Å². The third kappa shape index (κ3) is 3.57. The van der Waals surface area contributed by atoms with E-state index in [1.165, 1.54) is 12.3 Å². The van der Waals surface area contributed by atoms with Gasteiger partial charge in [-0.2, -0.15) is 0 Å². The number of nitrogens with one attached hydrogen (secondary N) is 1. The van der Waals surface area contributed by atoms with Crippen molar-refractivity contribution in [2.24, 2.45) is 5.92 Å². The molecule has 104 valence electrons. The van der Waals surface area contributed by atoms with Crippen molar-refractivity contribution >= 4 is 33.2 Å². The molecule has 8 heteroatoms. The second kappa shape index (κ2) is 5.34. The van der Waals surface area contributed by atoms with E-state index in [-0.39, 0.29) is 34.2 Å². The van der Waals surface area contributed by atoms with Gasteiger partial charge in [-0.1, -0.05) is 11.6 Å². The van der Waals surface area contributed by atoms with Gasteiger partial charge in [-0.3, -0.25) is 4.79 Å². The number of nitrogens with zero attached hydrogens (tertiary/aromatic N) is 1. The molecule has 1 saturated heterocycles. The van der Waals surface area contributed by atoms with Gasteiger partial charge in [0.1, 0.15) is 5.82 Å². The molecule has 0 radical (unpaired) electrons. The lowest BCUT2D eigenvalue weighted by Crippen LogP contribution is -2.29. The Bertz CT molecular complexity index is 603. The number of carbonyl (C=O) groups is 1. The van der Waals surface area contributed by atoms with Crippen LogP contribution >= 0.6 is 11.6 Å². The summed E-state index contributed by atoms with van der Waals surface area (Å²) in [7, 11) is -2.92. The summed E-state index contributed by atoms with van der Waals surface area (Å²) in [6, 6.07) is 1.44. The number of nitrogen functional groups attached to an aromatic ring is 1. The molecule has 1 atom stereocenters. The largest absolute Gasteiger partial charge is 0.382 e. The van der Waals surface area contributed by atoms with Crippen LogP contribution in [0.2, 0.25) is 5.02 Å². The number of halogens is 1. The average Bonchev–Trinajstić information content (AvgIpc) is 2.69. The molecular formula is C11H14ClN3O3S. The van der Waals surface area contributed by atoms with E-state index in [2.05, 4.69) is 10.3 Å². The van der Waals surface area contributed by atoms with Crippen LogP contribution < -0.4 is 11.1 Å². The molecule has 1 amide bonds. The fourth-order valence-electron chi connectivity index (χ4n) is 1.94. The highest BCUT2D eigenvalue weighted by Gasteiger charge is 2.28. The summed E-state index contributed by atoms with van der Waals surface area (Å²) in [6.07, 6.45) is 1.92. The van der Waals surface area contributed by atoms with Crippen LogP contribution in [0.4, 0.5) is 5.82 Å². The number of sulfone groups is 1. The number of anilines is 1. The van der Waals surface area contributed by atoms with Crippen molar-refractivity contribution < 1.29 is 13.2 Å². The SMILES string of the molecule is Nc1ncc(C(=O)NCC2CCS(=O)(=O)C2)cc1Cl. The minimum atomic E-state index is -2.92. The van der Waals surface area contributed by atoms with Gasteiger partial charge in [0, 0.05) is 12.7 Å². The molecule has 0 bridgehead atoms. The van der Waals surface area contributed by atoms with Gasteiger partial charge in [-0.25, -0.2) is 13.4 Å². The van der Waals surface area contributed by atoms with Crippen molar-refractivity contribution in [2.45, 2.75) is 6.42 Å². The molecule has 2 heterocycles. The molecule has 1 aromatic heterocycles. The minimum absolute atomic E-state index is 0.0221. The van der Waals surface area contributed by atoms with Crippen molar-refractivity contribution in [2.75, 3.05) is 23.8 Å². The first-order valence-electron chi connectivity index (χ1n) is 5.77. The van der Waals surface area contributed by atoms with E-state index in [4.69, 9.17) is 17.3 Å². The van der Waals surface area contributed by atoms with Crippen molar-refractivity contribution in [1.82, 2.24) is 10.3 Å². The van der Waals surface area contributed by atoms with E-state index < -0.39 is 9.84 Å². The molecule has 0 spiro atoms. The number of aromatic nitrogens is 1. The van der Waals surface area contributed by atoms with E-state index in [0.29, 0.717) is 18.5 Å². The summed E-state index contributed by atoms with van der Waals surface area (Å²) >= 11 is 5.78. The fourth-order valence-corrected chi connectivity index (χ4v) is 3.97. The van der Waals surface area contributed by atoms with E-state index >= 15 is 0 Å². The summed E-state index contributed by atoms with van der Waals surface area (Å²) in [6.45, 7) is 0.333. The third-order valence-electron chi connectivity index (χ3n) is 3.01. The second-order valence-electron chi connectivity index (χ2n) is 4.57. The number of amides is 1. The molecule has 1 fully saturated rings. The quantitative estimate of drug-likeness (QED) is 0.845. The number of nitrogens with two attached hydrogens (primary N) is 1. The minimum Gasteiger partial charge on any atom is -0.382 e. The summed E-state index contributed by atoms with van der Waals surface area (Å²) in [5.74, 6) is 0.140. The summed E-state index contributed by atoms with van der Waals surface area (Å²) in [4.78, 5) is 15.6. The van der Waals surface area contributed by atoms with Gasteiger partial charge in [-0.15, -0.1) is 0 Å². The molecule has 1 aliphatic heterocycles. The molecule has 1 unspecified atom stereocenters. The van der Waals surface area contributed by atoms with Gasteiger partial charge in [0.25, 0.3) is 5.91 Å². The van der Waals surface area contributed by atoms with E-state index in [1.807, 2.05) is 0 Å². The Balaban J connectivity index is 1.93. The summed E-state index contributed by atoms with van der Waals surface area (Å²) in [5.41, 5.74) is 5.76. The van der Waals surface area contributed by atoms with Crippen molar-refractivity contribution in [1.29, 1.82) is 0 Å². The third-order valence-corrected chi connectivity index (χ3v) is 5.15. The summed E-state index contributed by atoms with van der Waals surface area (Å²) in [5, 5.41) is 2.90. The lowest BCUT2D eigenvalue weighted by molar-refractivity contribution is 0.0948. The predicted molar refractivity (Wildman–Crippen MR) is 72.8 cm³/mol. The standard InChI is InChI=1S/C11H14ClN3O3S/c12-9-3-8(5-14-10(9)13)11(16)15-4-7-1-2-19(17,18)6-7/h3,5,7H,1-2,4,6H2,(H2,13,14)(H,15,16). The highest BCUT2D eigenvalue weighted by Crippen LogP contribution is 2.18. The Morgan fingerprint density at radius 3 is 2.89 bits per heavy atom. The lowest BCUT2D eigenvalue weighted by atomic mass is 10.1. The van der Waals surface area contributed by atoms with Crippen LogP contribution in [0, 0.1) is 5.92 Å². The van der Waals surface area contributed by atoms with Crippen LogP contribution in [0.5, 0.6) is 0 Å². The van der Waals surface area contributed by atoms with Crippen LogP contribution in [-0.2, 0) is 9.84 Å². The Kier molecular flexibility index (Phi) is 3.96. The molecule has 19 heavy (non-hydrogen) atoms. The molecule has 2 rings (SSSR count). The van der Waals surface area contributed by atoms with Crippen LogP contribution in [-0.4, -0.2) is 37.4 Å². The van der Waals surface area contributed by atoms with Crippen molar-refractivity contribution in [3.8, 4) is 0 Å². The van der Waals surface area contributed by atoms with E-state index in [1.54, 1.807) is 0 Å². The second-order valence-corrected chi connectivity index (χ2v) is 7.21. The van der Waals surface area contributed by atoms with Gasteiger partial charge in [0.15, 0.2) is 9.84 Å². The van der Waals surface area contributed by atoms with E-state index in [9.17, 15) is 13.2 Å². The van der Waals surface area contributed by atoms with E-state index in [0.717, 1.165) is 0 Å². The highest BCUT2D eigenvalue weighted by atomic mass is 35.5. The average molecular weight is 304 g/mol. The number of carbonyl (C=O) groups excluding carboxylic acids is 1. The first kappa shape index (κ1) is 14.1. The van der Waals surface area contributed by atoms with Gasteiger partial charge >= 0.3 is 0 Å². The van der Waals surface area contributed by atoms with Crippen molar-refractivity contribution in [3.05, 3.63) is 22.8 Å². The fraction of sp³-hybridized carbons (Fsp3) is 0.455. The molecule has 0 aromatic carbocycles. The predicted octanol–water partition coefficient (Wildman–Crippen LogP) is 0.482. The Morgan fingerprint density at radius 2 is 2.32 bits per heavy atom. The molecule has 0 saturated carbocycles. The number of pyridine rings is 1. The normalized spacial score (nSPS) is 21.2. The smallest absolute Gasteiger partial charge is 0.252 e. The lowest BCUT2D eigenvalue weighted by Gasteiger charge is -2.09. The molecular weight excluding hydrogens is 290 g/mol. The Labute approximate surface area is 116 Å². The number of hydrogen-bond donors (Lipinski definition) is 2. The van der Waals surface area contributed by atoms with Crippen molar-refractivity contribution in [3.63, 3.8) is 0 Å². The van der Waals surface area contributed by atoms with Gasteiger partial charge < -0.3 is 11.1 Å². The maximum absolute atomic E-state index is 11.8. The zero-order chi connectivity index (χ0) is 14.0. The number of rotatable bonds is 3. The Morgan fingerprint density at radius 1 is 1.58 bits per heavy atom. The summed E-state index contributed by atoms with van der Waals surface area (Å²) < 4.78 is 22.6. The first-order chi connectivity index (χ1) is 8.87. The molecule has 1 aromatic rings. The van der Waals surface area contributed by atoms with Crippen LogP contribution in [0.25, 0.3) is 0 Å².